The van der Waals surface area contributed by atoms with Crippen molar-refractivity contribution in [3.63, 3.8) is 0 Å². The Labute approximate surface area is 167 Å². The van der Waals surface area contributed by atoms with Crippen LogP contribution in [0.5, 0.6) is 0 Å². The van der Waals surface area contributed by atoms with Crippen molar-refractivity contribution >= 4 is 34.8 Å². The summed E-state index contributed by atoms with van der Waals surface area (Å²) >= 11 is 6.07. The maximum atomic E-state index is 13.1. The highest BCUT2D eigenvalue weighted by molar-refractivity contribution is 6.33. The zero-order chi connectivity index (χ0) is 19.7. The van der Waals surface area contributed by atoms with Gasteiger partial charge in [-0.25, -0.2) is 9.97 Å². The SMILES string of the molecule is Nc1ncc(-c2ccc(C3(C(=O)Nc4ccc(N)c(Cl)c4)CCC3)cc2)cn1. The van der Waals surface area contributed by atoms with Crippen LogP contribution in [0.3, 0.4) is 0 Å². The molecule has 1 amide bonds. The highest BCUT2D eigenvalue weighted by atomic mass is 35.5. The number of hydrogen-bond donors (Lipinski definition) is 3. The molecule has 1 saturated carbocycles. The summed E-state index contributed by atoms with van der Waals surface area (Å²) in [5, 5.41) is 3.42. The normalized spacial score (nSPS) is 14.9. The summed E-state index contributed by atoms with van der Waals surface area (Å²) in [4.78, 5) is 21.1. The maximum absolute atomic E-state index is 13.1. The summed E-state index contributed by atoms with van der Waals surface area (Å²) in [5.41, 5.74) is 14.7. The third-order valence-electron chi connectivity index (χ3n) is 5.34. The van der Waals surface area contributed by atoms with Crippen molar-refractivity contribution in [2.75, 3.05) is 16.8 Å². The number of aromatic nitrogens is 2. The smallest absolute Gasteiger partial charge is 0.235 e. The monoisotopic (exact) mass is 393 g/mol. The van der Waals surface area contributed by atoms with Crippen molar-refractivity contribution in [3.8, 4) is 11.1 Å². The van der Waals surface area contributed by atoms with Gasteiger partial charge in [0.15, 0.2) is 0 Å². The fraction of sp³-hybridized carbons (Fsp3) is 0.190. The summed E-state index contributed by atoms with van der Waals surface area (Å²) in [5.74, 6) is 0.219. The summed E-state index contributed by atoms with van der Waals surface area (Å²) in [6.45, 7) is 0. The molecule has 1 heterocycles. The van der Waals surface area contributed by atoms with Crippen LogP contribution in [0.4, 0.5) is 17.3 Å². The molecular formula is C21H20ClN5O. The molecular weight excluding hydrogens is 374 g/mol. The van der Waals surface area contributed by atoms with Crippen LogP contribution in [-0.4, -0.2) is 15.9 Å². The van der Waals surface area contributed by atoms with Gasteiger partial charge < -0.3 is 16.8 Å². The lowest BCUT2D eigenvalue weighted by atomic mass is 9.63. The minimum Gasteiger partial charge on any atom is -0.398 e. The van der Waals surface area contributed by atoms with Crippen LogP contribution in [0.2, 0.25) is 5.02 Å². The number of amides is 1. The Morgan fingerprint density at radius 1 is 1.00 bits per heavy atom. The highest BCUT2D eigenvalue weighted by Gasteiger charge is 2.45. The van der Waals surface area contributed by atoms with E-state index in [1.165, 1.54) is 0 Å². The Kier molecular flexibility index (Phi) is 4.65. The van der Waals surface area contributed by atoms with Crippen molar-refractivity contribution in [3.05, 3.63) is 65.4 Å². The first-order valence-electron chi connectivity index (χ1n) is 9.03. The van der Waals surface area contributed by atoms with E-state index in [-0.39, 0.29) is 11.9 Å². The second kappa shape index (κ2) is 7.13. The molecule has 5 N–H and O–H groups in total. The van der Waals surface area contributed by atoms with Gasteiger partial charge >= 0.3 is 0 Å². The molecule has 4 rings (SSSR count). The minimum atomic E-state index is -0.524. The van der Waals surface area contributed by atoms with Gasteiger partial charge in [-0.15, -0.1) is 0 Å². The fourth-order valence-corrected chi connectivity index (χ4v) is 3.68. The third-order valence-corrected chi connectivity index (χ3v) is 5.67. The summed E-state index contributed by atoms with van der Waals surface area (Å²) in [7, 11) is 0. The van der Waals surface area contributed by atoms with Gasteiger partial charge in [0.1, 0.15) is 0 Å². The first-order chi connectivity index (χ1) is 13.5. The van der Waals surface area contributed by atoms with E-state index in [0.717, 1.165) is 36.0 Å². The number of benzene rings is 2. The lowest BCUT2D eigenvalue weighted by Crippen LogP contribution is -2.46. The zero-order valence-corrected chi connectivity index (χ0v) is 15.9. The number of halogens is 1. The van der Waals surface area contributed by atoms with Crippen molar-refractivity contribution < 1.29 is 4.79 Å². The van der Waals surface area contributed by atoms with Crippen molar-refractivity contribution in [2.24, 2.45) is 0 Å². The van der Waals surface area contributed by atoms with Crippen LogP contribution in [0.1, 0.15) is 24.8 Å². The van der Waals surface area contributed by atoms with Crippen LogP contribution in [0.15, 0.2) is 54.9 Å². The second-order valence-corrected chi connectivity index (χ2v) is 7.44. The number of rotatable bonds is 4. The molecule has 7 heteroatoms. The third kappa shape index (κ3) is 3.27. The molecule has 0 atom stereocenters. The molecule has 1 aromatic heterocycles. The number of anilines is 3. The molecule has 28 heavy (non-hydrogen) atoms. The van der Waals surface area contributed by atoms with E-state index < -0.39 is 5.41 Å². The second-order valence-electron chi connectivity index (χ2n) is 7.03. The van der Waals surface area contributed by atoms with Crippen LogP contribution in [0.25, 0.3) is 11.1 Å². The number of nitrogen functional groups attached to an aromatic ring is 2. The van der Waals surface area contributed by atoms with E-state index >= 15 is 0 Å². The summed E-state index contributed by atoms with van der Waals surface area (Å²) in [6.07, 6.45) is 6.02. The van der Waals surface area contributed by atoms with Gasteiger partial charge in [-0.1, -0.05) is 42.3 Å². The van der Waals surface area contributed by atoms with Gasteiger partial charge in [-0.3, -0.25) is 4.79 Å². The first-order valence-corrected chi connectivity index (χ1v) is 9.41. The number of hydrogen-bond acceptors (Lipinski definition) is 5. The molecule has 0 spiro atoms. The van der Waals surface area contributed by atoms with E-state index in [2.05, 4.69) is 15.3 Å². The standard InChI is InChI=1S/C21H20ClN5O/c22-17-10-16(6-7-18(17)23)27-19(28)21(8-1-9-21)15-4-2-13(3-5-15)14-11-25-20(24)26-12-14/h2-7,10-12H,1,8-9,23H2,(H,27,28)(H2,24,25,26). The van der Waals surface area contributed by atoms with E-state index in [1.54, 1.807) is 30.6 Å². The van der Waals surface area contributed by atoms with E-state index in [1.807, 2.05) is 24.3 Å². The van der Waals surface area contributed by atoms with Gasteiger partial charge in [0.2, 0.25) is 11.9 Å². The molecule has 1 aliphatic carbocycles. The lowest BCUT2D eigenvalue weighted by molar-refractivity contribution is -0.124. The molecule has 0 unspecified atom stereocenters. The van der Waals surface area contributed by atoms with Crippen molar-refractivity contribution in [2.45, 2.75) is 24.7 Å². The lowest BCUT2D eigenvalue weighted by Gasteiger charge is -2.40. The Morgan fingerprint density at radius 3 is 2.25 bits per heavy atom. The number of carbonyl (C=O) groups excluding carboxylic acids is 1. The van der Waals surface area contributed by atoms with Crippen molar-refractivity contribution in [1.82, 2.24) is 9.97 Å². The fourth-order valence-electron chi connectivity index (χ4n) is 3.50. The quantitative estimate of drug-likeness (QED) is 0.580. The molecule has 6 nitrogen and oxygen atoms in total. The molecule has 142 valence electrons. The topological polar surface area (TPSA) is 107 Å². The number of nitrogens with one attached hydrogen (secondary N) is 1. The highest BCUT2D eigenvalue weighted by Crippen LogP contribution is 2.45. The molecule has 1 fully saturated rings. The molecule has 0 aliphatic heterocycles. The van der Waals surface area contributed by atoms with Gasteiger partial charge in [0.05, 0.1) is 16.1 Å². The van der Waals surface area contributed by atoms with Crippen LogP contribution >= 0.6 is 11.6 Å². The van der Waals surface area contributed by atoms with E-state index in [0.29, 0.717) is 16.4 Å². The van der Waals surface area contributed by atoms with E-state index in [9.17, 15) is 4.79 Å². The molecule has 0 saturated heterocycles. The number of carbonyl (C=O) groups is 1. The number of nitrogens with zero attached hydrogens (tertiary/aromatic N) is 2. The van der Waals surface area contributed by atoms with Gasteiger partial charge in [0.25, 0.3) is 0 Å². The first kappa shape index (κ1) is 18.3. The molecule has 0 radical (unpaired) electrons. The maximum Gasteiger partial charge on any atom is 0.235 e. The summed E-state index contributed by atoms with van der Waals surface area (Å²) in [6, 6.07) is 13.1. The molecule has 2 aromatic carbocycles. The Hall–Kier alpha value is -3.12. The Balaban J connectivity index is 1.57. The summed E-state index contributed by atoms with van der Waals surface area (Å²) < 4.78 is 0. The van der Waals surface area contributed by atoms with E-state index in [4.69, 9.17) is 23.1 Å². The average Bonchev–Trinajstić information content (AvgIpc) is 2.65. The average molecular weight is 394 g/mol. The predicted octanol–water partition coefficient (Wildman–Crippen LogP) is 4.02. The molecule has 0 bridgehead atoms. The van der Waals surface area contributed by atoms with Gasteiger partial charge in [0, 0.05) is 23.6 Å². The Bertz CT molecular complexity index is 1010. The number of nitrogens with two attached hydrogens (primary N) is 2. The van der Waals surface area contributed by atoms with Crippen LogP contribution in [0, 0.1) is 0 Å². The largest absolute Gasteiger partial charge is 0.398 e. The Morgan fingerprint density at radius 2 is 1.68 bits per heavy atom. The van der Waals surface area contributed by atoms with Gasteiger partial charge in [-0.05, 0) is 42.2 Å². The minimum absolute atomic E-state index is 0.0249. The zero-order valence-electron chi connectivity index (χ0n) is 15.2. The molecule has 3 aromatic rings. The molecule has 1 aliphatic rings. The van der Waals surface area contributed by atoms with Crippen LogP contribution in [-0.2, 0) is 10.2 Å². The predicted molar refractivity (Wildman–Crippen MR) is 112 cm³/mol. The van der Waals surface area contributed by atoms with Crippen molar-refractivity contribution in [1.29, 1.82) is 0 Å². The van der Waals surface area contributed by atoms with Crippen LogP contribution < -0.4 is 16.8 Å². The van der Waals surface area contributed by atoms with Gasteiger partial charge in [-0.2, -0.15) is 0 Å².